The van der Waals surface area contributed by atoms with Gasteiger partial charge in [0.2, 0.25) is 11.3 Å². The zero-order valence-corrected chi connectivity index (χ0v) is 39.3. The molecule has 0 fully saturated rings. The average molecular weight is 1010 g/mol. The van der Waals surface area contributed by atoms with Gasteiger partial charge in [0.05, 0.1) is 22.8 Å². The van der Waals surface area contributed by atoms with E-state index in [1.54, 1.807) is 28.4 Å². The summed E-state index contributed by atoms with van der Waals surface area (Å²) < 4.78 is 24.1. The van der Waals surface area contributed by atoms with Gasteiger partial charge in [0, 0.05) is 74.2 Å². The summed E-state index contributed by atoms with van der Waals surface area (Å²) in [4.78, 5) is 23.3. The van der Waals surface area contributed by atoms with Crippen molar-refractivity contribution in [2.75, 3.05) is 28.4 Å². The minimum atomic E-state index is -1.57. The zero-order chi connectivity index (χ0) is 42.6. The molecule has 0 amide bonds. The first-order chi connectivity index (χ1) is 28.7. The van der Waals surface area contributed by atoms with Gasteiger partial charge in [-0.2, -0.15) is 0 Å². The van der Waals surface area contributed by atoms with E-state index in [-0.39, 0.29) is 0 Å². The maximum absolute atomic E-state index is 6.82. The summed E-state index contributed by atoms with van der Waals surface area (Å²) in [5.41, 5.74) is 4.00. The molecule has 4 aliphatic carbocycles. The van der Waals surface area contributed by atoms with E-state index in [9.17, 15) is 0 Å². The minimum Gasteiger partial charge on any atom is -0.359 e. The highest BCUT2D eigenvalue weighted by molar-refractivity contribution is 9.10. The molecule has 2 aromatic carbocycles. The van der Waals surface area contributed by atoms with Crippen LogP contribution in [0.1, 0.15) is 36.8 Å². The molecule has 4 atom stereocenters. The highest BCUT2D eigenvalue weighted by Gasteiger charge is 2.62. The fourth-order valence-electron chi connectivity index (χ4n) is 7.84. The molecule has 60 heavy (non-hydrogen) atoms. The molecule has 0 radical (unpaired) electrons. The van der Waals surface area contributed by atoms with E-state index in [0.29, 0.717) is 48.5 Å². The summed E-state index contributed by atoms with van der Waals surface area (Å²) in [5, 5.41) is -4.02. The van der Waals surface area contributed by atoms with E-state index >= 15 is 0 Å². The van der Waals surface area contributed by atoms with Gasteiger partial charge >= 0.3 is 0 Å². The van der Waals surface area contributed by atoms with E-state index in [4.69, 9.17) is 85.3 Å². The number of benzene rings is 2. The summed E-state index contributed by atoms with van der Waals surface area (Å²) in [6.07, 6.45) is 24.7. The summed E-state index contributed by atoms with van der Waals surface area (Å²) in [6.45, 7) is 0. The molecule has 14 heteroatoms. The van der Waals surface area contributed by atoms with E-state index in [1.807, 2.05) is 121 Å². The van der Waals surface area contributed by atoms with Crippen LogP contribution in [0.3, 0.4) is 0 Å². The molecular formula is C46H40Br2Cl4N4O4. The van der Waals surface area contributed by atoms with Crippen LogP contribution in [-0.4, -0.2) is 71.5 Å². The third-order valence-electron chi connectivity index (χ3n) is 11.4. The molecule has 8 nitrogen and oxygen atoms in total. The third-order valence-corrected chi connectivity index (χ3v) is 14.5. The molecule has 0 aromatic heterocycles. The molecular weight excluding hydrogens is 974 g/mol. The monoisotopic (exact) mass is 1010 g/mol. The maximum Gasteiger partial charge on any atom is 0.227 e. The predicted octanol–water partition coefficient (Wildman–Crippen LogP) is 11.9. The van der Waals surface area contributed by atoms with Gasteiger partial charge in [-0.05, 0) is 58.7 Å². The van der Waals surface area contributed by atoms with E-state index in [1.165, 1.54) is 0 Å². The second-order valence-corrected chi connectivity index (χ2v) is 19.2. The Morgan fingerprint density at radius 1 is 0.433 bits per heavy atom. The van der Waals surface area contributed by atoms with Crippen molar-refractivity contribution < 1.29 is 18.9 Å². The van der Waals surface area contributed by atoms with Crippen molar-refractivity contribution in [3.05, 3.63) is 164 Å². The number of rotatable bonds is 11. The lowest BCUT2D eigenvalue weighted by Crippen LogP contribution is -2.43. The summed E-state index contributed by atoms with van der Waals surface area (Å²) in [5.74, 6) is 0. The first-order valence-corrected chi connectivity index (χ1v) is 22.2. The second-order valence-electron chi connectivity index (χ2n) is 14.9. The fourth-order valence-corrected chi connectivity index (χ4v) is 9.52. The molecule has 0 saturated carbocycles. The molecule has 2 aromatic rings. The third kappa shape index (κ3) is 7.73. The molecule has 310 valence electrons. The largest absolute Gasteiger partial charge is 0.359 e. The molecule has 0 saturated heterocycles. The normalized spacial score (nSPS) is 33.4. The highest BCUT2D eigenvalue weighted by atomic mass is 79.9. The lowest BCUT2D eigenvalue weighted by Gasteiger charge is -2.39. The summed E-state index contributed by atoms with van der Waals surface area (Å²) >= 11 is 35.1. The number of nitrogens with zero attached hydrogens (tertiary/aromatic N) is 4. The van der Waals surface area contributed by atoms with Crippen molar-refractivity contribution in [1.29, 1.82) is 0 Å². The van der Waals surface area contributed by atoms with Gasteiger partial charge in [0.1, 0.15) is 0 Å². The SMILES string of the molecule is COC1(Cl)C=CC(C2=NC(c3ccccc3Br)(C3(c4ccccc4Br)N=C(C4=CCC(Cl)(OC)C=C4)C(C4=CCC(Cl)(OC)C=C4)=N3)N=C2C2=CCC(Cl)(OC)C=C2)=CC1. The Balaban J connectivity index is 1.47. The molecule has 0 spiro atoms. The lowest BCUT2D eigenvalue weighted by molar-refractivity contribution is 0.106. The number of ether oxygens (including phenoxy) is 4. The van der Waals surface area contributed by atoms with Gasteiger partial charge in [-0.3, -0.25) is 0 Å². The van der Waals surface area contributed by atoms with Crippen LogP contribution in [0.2, 0.25) is 0 Å². The Kier molecular flexibility index (Phi) is 12.1. The van der Waals surface area contributed by atoms with Crippen LogP contribution in [0.15, 0.2) is 173 Å². The Morgan fingerprint density at radius 3 is 0.883 bits per heavy atom. The van der Waals surface area contributed by atoms with Crippen LogP contribution in [0.25, 0.3) is 0 Å². The van der Waals surface area contributed by atoms with Crippen LogP contribution in [0.4, 0.5) is 0 Å². The fraction of sp³-hybridized carbons (Fsp3) is 0.304. The molecule has 6 aliphatic rings. The first-order valence-electron chi connectivity index (χ1n) is 19.1. The summed E-state index contributed by atoms with van der Waals surface area (Å²) in [6, 6.07) is 15.8. The van der Waals surface area contributed by atoms with Gasteiger partial charge in [-0.25, -0.2) is 20.0 Å². The van der Waals surface area contributed by atoms with Gasteiger partial charge in [-0.15, -0.1) is 0 Å². The van der Waals surface area contributed by atoms with Crippen LogP contribution < -0.4 is 0 Å². The van der Waals surface area contributed by atoms with Gasteiger partial charge in [0.15, 0.2) is 20.2 Å². The smallest absolute Gasteiger partial charge is 0.227 e. The minimum absolute atomic E-state index is 0.391. The quantitative estimate of drug-likeness (QED) is 0.210. The van der Waals surface area contributed by atoms with Crippen molar-refractivity contribution in [3.63, 3.8) is 0 Å². The Hall–Kier alpha value is -3.00. The predicted molar refractivity (Wildman–Crippen MR) is 251 cm³/mol. The number of allylic oxidation sites excluding steroid dienone is 8. The first kappa shape index (κ1) is 43.6. The molecule has 0 N–H and O–H groups in total. The number of methoxy groups -OCH3 is 4. The van der Waals surface area contributed by atoms with Crippen molar-refractivity contribution in [1.82, 2.24) is 0 Å². The van der Waals surface area contributed by atoms with Crippen molar-refractivity contribution >= 4 is 101 Å². The van der Waals surface area contributed by atoms with Crippen molar-refractivity contribution in [2.45, 2.75) is 57.2 Å². The average Bonchev–Trinajstić information content (AvgIpc) is 3.87. The highest BCUT2D eigenvalue weighted by Crippen LogP contribution is 2.57. The van der Waals surface area contributed by atoms with E-state index in [2.05, 4.69) is 31.9 Å². The summed E-state index contributed by atoms with van der Waals surface area (Å²) in [7, 11) is 6.35. The number of hydrogen-bond donors (Lipinski definition) is 0. The number of alkyl halides is 4. The van der Waals surface area contributed by atoms with Crippen molar-refractivity contribution in [3.8, 4) is 0 Å². The van der Waals surface area contributed by atoms with Crippen LogP contribution in [0.5, 0.6) is 0 Å². The van der Waals surface area contributed by atoms with Crippen LogP contribution in [0, 0.1) is 0 Å². The molecule has 0 bridgehead atoms. The number of halogens is 6. The molecule has 4 unspecified atom stereocenters. The Labute approximate surface area is 386 Å². The Bertz CT molecular complexity index is 2230. The van der Waals surface area contributed by atoms with Crippen molar-refractivity contribution in [2.24, 2.45) is 20.0 Å². The topological polar surface area (TPSA) is 86.4 Å². The zero-order valence-electron chi connectivity index (χ0n) is 33.1. The molecule has 2 heterocycles. The van der Waals surface area contributed by atoms with E-state index in [0.717, 1.165) is 42.4 Å². The van der Waals surface area contributed by atoms with Gasteiger partial charge < -0.3 is 18.9 Å². The van der Waals surface area contributed by atoms with Gasteiger partial charge in [0.25, 0.3) is 0 Å². The van der Waals surface area contributed by atoms with Crippen LogP contribution in [-0.2, 0) is 30.3 Å². The molecule has 8 rings (SSSR count). The lowest BCUT2D eigenvalue weighted by atomic mass is 9.82. The number of aliphatic imine (C=N–C) groups is 4. The standard InChI is InChI=1S/C46H40Br2Cl4N4O4/c1-57-41(49)21-13-29(14-22-41)37-38(30-15-23-42(50,58-2)24-16-30)54-45(53-37,33-9-5-7-11-35(33)47)46(34-10-6-8-12-36(34)48)55-39(31-17-25-43(51,59-3)26-18-31)40(56-46)32-19-27-44(52,60-4)28-20-32/h5-21,23,25,27H,22,24,26,28H2,1-4H3. The number of hydrogen-bond acceptors (Lipinski definition) is 8. The van der Waals surface area contributed by atoms with E-state index < -0.39 is 31.6 Å². The second kappa shape index (κ2) is 16.6. The van der Waals surface area contributed by atoms with Crippen LogP contribution >= 0.6 is 78.3 Å². The Morgan fingerprint density at radius 2 is 0.683 bits per heavy atom. The molecule has 2 aliphatic heterocycles. The van der Waals surface area contributed by atoms with Gasteiger partial charge in [-0.1, -0.05) is 163 Å². The maximum atomic E-state index is 6.82.